The maximum atomic E-state index is 14.9. The van der Waals surface area contributed by atoms with Gasteiger partial charge in [-0.2, -0.15) is 0 Å². The summed E-state index contributed by atoms with van der Waals surface area (Å²) in [4.78, 5) is 0. The van der Waals surface area contributed by atoms with Gasteiger partial charge in [0.25, 0.3) is 0 Å². The summed E-state index contributed by atoms with van der Waals surface area (Å²) in [6.45, 7) is 1.94. The van der Waals surface area contributed by atoms with Crippen molar-refractivity contribution < 1.29 is 8.78 Å². The molecule has 3 saturated carbocycles. The van der Waals surface area contributed by atoms with Crippen molar-refractivity contribution in [2.45, 2.75) is 96.3 Å². The van der Waals surface area contributed by atoms with Crippen molar-refractivity contribution in [3.63, 3.8) is 0 Å². The summed E-state index contributed by atoms with van der Waals surface area (Å²) >= 11 is 0. The van der Waals surface area contributed by atoms with Crippen LogP contribution in [0.1, 0.15) is 84.0 Å². The second kappa shape index (κ2) is 8.88. The van der Waals surface area contributed by atoms with Gasteiger partial charge in [0, 0.05) is 5.92 Å². The van der Waals surface area contributed by atoms with Crippen molar-refractivity contribution in [2.24, 2.45) is 35.5 Å². The van der Waals surface area contributed by atoms with Gasteiger partial charge in [-0.25, -0.2) is 8.78 Å². The van der Waals surface area contributed by atoms with Crippen molar-refractivity contribution in [3.05, 3.63) is 0 Å². The monoisotopic (exact) mass is 350 g/mol. The summed E-state index contributed by atoms with van der Waals surface area (Å²) in [6.07, 6.45) is 17.0. The Morgan fingerprint density at radius 3 is 2.04 bits per heavy atom. The number of halogens is 2. The van der Waals surface area contributed by atoms with Gasteiger partial charge < -0.3 is 0 Å². The van der Waals surface area contributed by atoms with Gasteiger partial charge in [0.1, 0.15) is 12.3 Å². The molecule has 3 aliphatic carbocycles. The van der Waals surface area contributed by atoms with Crippen molar-refractivity contribution in [3.8, 4) is 12.3 Å². The number of hydrogen-bond acceptors (Lipinski definition) is 0. The first-order valence-electron chi connectivity index (χ1n) is 10.8. The summed E-state index contributed by atoms with van der Waals surface area (Å²) in [6, 6.07) is 0. The van der Waals surface area contributed by atoms with E-state index in [0.717, 1.165) is 37.5 Å². The molecule has 2 heteroatoms. The quantitative estimate of drug-likeness (QED) is 0.493. The second-order valence-electron chi connectivity index (χ2n) is 9.27. The average Bonchev–Trinajstić information content (AvgIpc) is 2.66. The minimum atomic E-state index is -1.30. The van der Waals surface area contributed by atoms with Gasteiger partial charge in [0.15, 0.2) is 0 Å². The van der Waals surface area contributed by atoms with E-state index in [1.54, 1.807) is 0 Å². The number of rotatable bonds is 4. The van der Waals surface area contributed by atoms with Crippen LogP contribution in [0.4, 0.5) is 8.78 Å². The number of terminal acetylenes is 1. The number of hydrogen-bond donors (Lipinski definition) is 0. The smallest absolute Gasteiger partial charge is 0.134 e. The van der Waals surface area contributed by atoms with Gasteiger partial charge >= 0.3 is 0 Å². The highest BCUT2D eigenvalue weighted by molar-refractivity contribution is 4.97. The maximum Gasteiger partial charge on any atom is 0.134 e. The van der Waals surface area contributed by atoms with Crippen LogP contribution in [0.3, 0.4) is 0 Å². The van der Waals surface area contributed by atoms with Crippen LogP contribution in [0.15, 0.2) is 0 Å². The first kappa shape index (κ1) is 19.2. The predicted octanol–water partition coefficient (Wildman–Crippen LogP) is 6.73. The van der Waals surface area contributed by atoms with Gasteiger partial charge in [-0.15, -0.1) is 12.3 Å². The summed E-state index contributed by atoms with van der Waals surface area (Å²) < 4.78 is 29.5. The number of alkyl halides is 2. The Hall–Kier alpha value is -0.580. The molecule has 5 unspecified atom stereocenters. The highest BCUT2D eigenvalue weighted by atomic mass is 19.2. The molecule has 142 valence electrons. The fourth-order valence-corrected chi connectivity index (χ4v) is 6.14. The maximum absolute atomic E-state index is 14.9. The van der Waals surface area contributed by atoms with Crippen LogP contribution >= 0.6 is 0 Å². The van der Waals surface area contributed by atoms with Gasteiger partial charge in [0.05, 0.1) is 0 Å². The van der Waals surface area contributed by atoms with Gasteiger partial charge in [-0.05, 0) is 74.5 Å². The molecule has 0 aromatic heterocycles. The Kier molecular flexibility index (Phi) is 6.81. The van der Waals surface area contributed by atoms with Crippen molar-refractivity contribution in [1.29, 1.82) is 0 Å². The Balaban J connectivity index is 1.49. The fraction of sp³-hybridized carbons (Fsp3) is 0.913. The van der Waals surface area contributed by atoms with E-state index in [1.165, 1.54) is 44.9 Å². The van der Waals surface area contributed by atoms with Crippen LogP contribution in [-0.4, -0.2) is 12.3 Å². The van der Waals surface area contributed by atoms with E-state index < -0.39 is 12.3 Å². The van der Waals surface area contributed by atoms with E-state index in [1.807, 2.05) is 6.92 Å². The lowest BCUT2D eigenvalue weighted by atomic mass is 9.64. The molecular weight excluding hydrogens is 314 g/mol. The molecule has 0 aromatic rings. The predicted molar refractivity (Wildman–Crippen MR) is 101 cm³/mol. The molecule has 3 rings (SSSR count). The highest BCUT2D eigenvalue weighted by Gasteiger charge is 2.44. The molecule has 0 amide bonds. The first-order chi connectivity index (χ1) is 12.1. The topological polar surface area (TPSA) is 0 Å². The third-order valence-corrected chi connectivity index (χ3v) is 7.71. The van der Waals surface area contributed by atoms with Crippen LogP contribution < -0.4 is 0 Å². The molecule has 0 aromatic carbocycles. The molecule has 5 atom stereocenters. The summed E-state index contributed by atoms with van der Waals surface area (Å²) in [5.74, 6) is 4.71. The standard InChI is InChI=1S/C23H36F2/c1-3-16(2)15-20-13-14-21(23(25)22(20)24)19-11-9-18(10-12-19)17-7-5-4-6-8-17/h1,16-23H,4-15H2,2H3. The molecule has 3 fully saturated rings. The minimum absolute atomic E-state index is 0.0419. The van der Waals surface area contributed by atoms with E-state index >= 15 is 0 Å². The van der Waals surface area contributed by atoms with E-state index in [-0.39, 0.29) is 17.8 Å². The Labute approximate surface area is 153 Å². The van der Waals surface area contributed by atoms with Gasteiger partial charge in [0.2, 0.25) is 0 Å². The van der Waals surface area contributed by atoms with Gasteiger partial charge in [-0.3, -0.25) is 0 Å². The molecule has 0 N–H and O–H groups in total. The van der Waals surface area contributed by atoms with Crippen LogP contribution in [0.25, 0.3) is 0 Å². The third-order valence-electron chi connectivity index (χ3n) is 7.71. The summed E-state index contributed by atoms with van der Waals surface area (Å²) in [7, 11) is 0. The summed E-state index contributed by atoms with van der Waals surface area (Å²) in [5, 5.41) is 0. The van der Waals surface area contributed by atoms with E-state index in [9.17, 15) is 8.78 Å². The Morgan fingerprint density at radius 1 is 0.800 bits per heavy atom. The lowest BCUT2D eigenvalue weighted by Crippen LogP contribution is -2.42. The van der Waals surface area contributed by atoms with Crippen LogP contribution in [0.5, 0.6) is 0 Å². The highest BCUT2D eigenvalue weighted by Crippen LogP contribution is 2.47. The molecule has 0 radical (unpaired) electrons. The average molecular weight is 351 g/mol. The SMILES string of the molecule is C#CC(C)CC1CCC(C2CCC(C3CCCCC3)CC2)C(F)C1F. The van der Waals surface area contributed by atoms with Crippen LogP contribution in [0, 0.1) is 47.9 Å². The second-order valence-corrected chi connectivity index (χ2v) is 9.27. The molecule has 3 aliphatic rings. The first-order valence-corrected chi connectivity index (χ1v) is 10.8. The van der Waals surface area contributed by atoms with Crippen molar-refractivity contribution in [1.82, 2.24) is 0 Å². The molecule has 0 saturated heterocycles. The van der Waals surface area contributed by atoms with Crippen molar-refractivity contribution >= 4 is 0 Å². The lowest BCUT2D eigenvalue weighted by Gasteiger charge is -2.43. The molecular formula is C23H36F2. The molecule has 0 nitrogen and oxygen atoms in total. The minimum Gasteiger partial charge on any atom is -0.244 e. The molecule has 25 heavy (non-hydrogen) atoms. The molecule has 0 aliphatic heterocycles. The van der Waals surface area contributed by atoms with Crippen LogP contribution in [-0.2, 0) is 0 Å². The van der Waals surface area contributed by atoms with E-state index in [4.69, 9.17) is 6.42 Å². The lowest BCUT2D eigenvalue weighted by molar-refractivity contribution is -0.0186. The molecule has 0 heterocycles. The zero-order chi connectivity index (χ0) is 17.8. The zero-order valence-electron chi connectivity index (χ0n) is 15.9. The third kappa shape index (κ3) is 4.58. The molecule has 0 spiro atoms. The normalized spacial score (nSPS) is 41.8. The summed E-state index contributed by atoms with van der Waals surface area (Å²) in [5.41, 5.74) is 0. The van der Waals surface area contributed by atoms with Crippen molar-refractivity contribution in [2.75, 3.05) is 0 Å². The van der Waals surface area contributed by atoms with E-state index in [0.29, 0.717) is 12.3 Å². The van der Waals surface area contributed by atoms with E-state index in [2.05, 4.69) is 5.92 Å². The van der Waals surface area contributed by atoms with Gasteiger partial charge in [-0.1, -0.05) is 39.0 Å². The molecule has 0 bridgehead atoms. The van der Waals surface area contributed by atoms with Crippen LogP contribution in [0.2, 0.25) is 0 Å². The Morgan fingerprint density at radius 2 is 1.40 bits per heavy atom. The Bertz CT molecular complexity index is 439. The fourth-order valence-electron chi connectivity index (χ4n) is 6.14. The largest absolute Gasteiger partial charge is 0.244 e. The zero-order valence-corrected chi connectivity index (χ0v) is 15.9.